The first-order chi connectivity index (χ1) is 13.3. The Labute approximate surface area is 164 Å². The van der Waals surface area contributed by atoms with Crippen LogP contribution >= 0.6 is 11.6 Å². The van der Waals surface area contributed by atoms with Gasteiger partial charge >= 0.3 is 5.97 Å². The number of hydrogen-bond donors (Lipinski definition) is 1. The highest BCUT2D eigenvalue weighted by molar-refractivity contribution is 6.52. The minimum Gasteiger partial charge on any atom is -0.451 e. The topological polar surface area (TPSA) is 92.8 Å². The van der Waals surface area contributed by atoms with Gasteiger partial charge in [0, 0.05) is 0 Å². The fourth-order valence-electron chi connectivity index (χ4n) is 2.65. The van der Waals surface area contributed by atoms with Crippen molar-refractivity contribution in [3.05, 3.63) is 58.9 Å². The number of anilines is 2. The molecule has 28 heavy (non-hydrogen) atoms. The first-order valence-corrected chi connectivity index (χ1v) is 8.56. The summed E-state index contributed by atoms with van der Waals surface area (Å²) in [7, 11) is 0. The predicted octanol–water partition coefficient (Wildman–Crippen LogP) is 2.58. The van der Waals surface area contributed by atoms with Crippen molar-refractivity contribution in [2.45, 2.75) is 13.0 Å². The normalized spacial score (nSPS) is 13.9. The van der Waals surface area contributed by atoms with Crippen molar-refractivity contribution in [3.8, 4) is 0 Å². The Hall–Kier alpha value is -3.26. The number of halogens is 2. The molecule has 1 aliphatic heterocycles. The molecule has 2 amide bonds. The first kappa shape index (κ1) is 19.5. The average molecular weight is 405 g/mol. The van der Waals surface area contributed by atoms with Gasteiger partial charge in [-0.25, -0.2) is 4.39 Å². The number of carbonyl (C=O) groups excluding carboxylic acids is 4. The van der Waals surface area contributed by atoms with Crippen LogP contribution in [0.4, 0.5) is 15.8 Å². The van der Waals surface area contributed by atoms with E-state index in [0.717, 1.165) is 17.0 Å². The van der Waals surface area contributed by atoms with Crippen molar-refractivity contribution in [1.82, 2.24) is 0 Å². The van der Waals surface area contributed by atoms with Crippen LogP contribution in [-0.2, 0) is 19.1 Å². The number of fused-ring (bicyclic) bond motifs is 1. The molecule has 7 nitrogen and oxygen atoms in total. The van der Waals surface area contributed by atoms with E-state index in [1.807, 2.05) is 0 Å². The molecule has 1 atom stereocenters. The smallest absolute Gasteiger partial charge is 0.326 e. The third-order valence-electron chi connectivity index (χ3n) is 4.03. The summed E-state index contributed by atoms with van der Waals surface area (Å²) in [6.07, 6.45) is -1.21. The van der Waals surface area contributed by atoms with Crippen LogP contribution in [0.25, 0.3) is 0 Å². The number of carbonyl (C=O) groups is 4. The molecule has 0 saturated carbocycles. The minimum absolute atomic E-state index is 0.00957. The van der Waals surface area contributed by atoms with Crippen molar-refractivity contribution < 1.29 is 28.3 Å². The fourth-order valence-corrected chi connectivity index (χ4v) is 2.86. The molecule has 0 radical (unpaired) electrons. The van der Waals surface area contributed by atoms with Gasteiger partial charge in [0.25, 0.3) is 17.6 Å². The molecule has 3 rings (SSSR count). The second-order valence-electron chi connectivity index (χ2n) is 5.98. The maximum atomic E-state index is 13.1. The van der Waals surface area contributed by atoms with Crippen molar-refractivity contribution in [2.75, 3.05) is 16.8 Å². The van der Waals surface area contributed by atoms with Crippen LogP contribution in [-0.4, -0.2) is 36.2 Å². The van der Waals surface area contributed by atoms with Crippen LogP contribution < -0.4 is 10.2 Å². The van der Waals surface area contributed by atoms with E-state index in [1.165, 1.54) is 25.1 Å². The van der Waals surface area contributed by atoms with Crippen LogP contribution in [0.1, 0.15) is 17.3 Å². The Morgan fingerprint density at radius 3 is 2.64 bits per heavy atom. The number of ketones is 1. The van der Waals surface area contributed by atoms with Gasteiger partial charge in [-0.3, -0.25) is 24.1 Å². The van der Waals surface area contributed by atoms with Crippen molar-refractivity contribution in [2.24, 2.45) is 0 Å². The van der Waals surface area contributed by atoms with Gasteiger partial charge in [-0.2, -0.15) is 0 Å². The van der Waals surface area contributed by atoms with E-state index >= 15 is 0 Å². The quantitative estimate of drug-likeness (QED) is 0.610. The molecule has 0 fully saturated rings. The Morgan fingerprint density at radius 1 is 1.21 bits per heavy atom. The second kappa shape index (κ2) is 7.77. The van der Waals surface area contributed by atoms with E-state index in [4.69, 9.17) is 16.3 Å². The number of esters is 1. The van der Waals surface area contributed by atoms with Crippen LogP contribution in [0.2, 0.25) is 5.02 Å². The highest BCUT2D eigenvalue weighted by Gasteiger charge is 2.37. The zero-order valence-corrected chi connectivity index (χ0v) is 15.3. The number of Topliss-reactive ketones (excluding diaryl/α,β-unsaturated/α-hetero) is 1. The summed E-state index contributed by atoms with van der Waals surface area (Å²) in [5.74, 6) is -3.67. The van der Waals surface area contributed by atoms with Gasteiger partial charge in [0.15, 0.2) is 6.10 Å². The highest BCUT2D eigenvalue weighted by atomic mass is 35.5. The molecular formula is C19H14ClFN2O5. The van der Waals surface area contributed by atoms with Gasteiger partial charge in [-0.15, -0.1) is 0 Å². The molecular weight excluding hydrogens is 391 g/mol. The molecule has 1 heterocycles. The molecule has 1 aliphatic rings. The number of benzene rings is 2. The molecule has 0 aromatic heterocycles. The standard InChI is InChI=1S/C19H14ClFN2O5/c1-10(18(26)22-14-7-6-11(21)8-13(14)20)28-16(24)9-23-15-5-3-2-4-12(15)17(25)19(23)27/h2-8,10H,9H2,1H3,(H,22,26)/t10-/m1/s1. The van der Waals surface area contributed by atoms with E-state index in [2.05, 4.69) is 5.32 Å². The monoisotopic (exact) mass is 404 g/mol. The Morgan fingerprint density at radius 2 is 1.93 bits per heavy atom. The zero-order valence-electron chi connectivity index (χ0n) is 14.6. The summed E-state index contributed by atoms with van der Waals surface area (Å²) in [6.45, 7) is 0.812. The van der Waals surface area contributed by atoms with Gasteiger partial charge in [-0.05, 0) is 37.3 Å². The SMILES string of the molecule is C[C@@H](OC(=O)CN1C(=O)C(=O)c2ccccc21)C(=O)Nc1ccc(F)cc1Cl. The number of nitrogens with one attached hydrogen (secondary N) is 1. The summed E-state index contributed by atoms with van der Waals surface area (Å²) in [5, 5.41) is 2.41. The van der Waals surface area contributed by atoms with Crippen LogP contribution in [0, 0.1) is 5.82 Å². The van der Waals surface area contributed by atoms with Crippen LogP contribution in [0.15, 0.2) is 42.5 Å². The number of amides is 2. The Bertz CT molecular complexity index is 994. The zero-order chi connectivity index (χ0) is 20.4. The minimum atomic E-state index is -1.21. The molecule has 0 spiro atoms. The van der Waals surface area contributed by atoms with Crippen molar-refractivity contribution in [3.63, 3.8) is 0 Å². The highest BCUT2D eigenvalue weighted by Crippen LogP contribution is 2.28. The van der Waals surface area contributed by atoms with Gasteiger partial charge in [0.05, 0.1) is 22.0 Å². The molecule has 2 aromatic rings. The molecule has 0 unspecified atom stereocenters. The number of ether oxygens (including phenoxy) is 1. The lowest BCUT2D eigenvalue weighted by Crippen LogP contribution is -2.38. The molecule has 2 aromatic carbocycles. The van der Waals surface area contributed by atoms with E-state index in [0.29, 0.717) is 5.69 Å². The van der Waals surface area contributed by atoms with Gasteiger partial charge in [0.1, 0.15) is 12.4 Å². The van der Waals surface area contributed by atoms with E-state index < -0.39 is 42.0 Å². The average Bonchev–Trinajstić information content (AvgIpc) is 2.89. The van der Waals surface area contributed by atoms with Crippen molar-refractivity contribution in [1.29, 1.82) is 0 Å². The maximum Gasteiger partial charge on any atom is 0.326 e. The number of rotatable bonds is 5. The lowest BCUT2D eigenvalue weighted by atomic mass is 10.1. The summed E-state index contributed by atoms with van der Waals surface area (Å²) in [6, 6.07) is 9.69. The molecule has 1 N–H and O–H groups in total. The second-order valence-corrected chi connectivity index (χ2v) is 6.39. The number of nitrogens with zero attached hydrogens (tertiary/aromatic N) is 1. The molecule has 0 bridgehead atoms. The van der Waals surface area contributed by atoms with E-state index in [9.17, 15) is 23.6 Å². The van der Waals surface area contributed by atoms with Gasteiger partial charge in [-0.1, -0.05) is 23.7 Å². The van der Waals surface area contributed by atoms with Gasteiger partial charge < -0.3 is 10.1 Å². The summed E-state index contributed by atoms with van der Waals surface area (Å²) >= 11 is 5.84. The molecule has 0 aliphatic carbocycles. The molecule has 0 saturated heterocycles. The summed E-state index contributed by atoms with van der Waals surface area (Å²) in [4.78, 5) is 49.3. The maximum absolute atomic E-state index is 13.1. The first-order valence-electron chi connectivity index (χ1n) is 8.18. The molecule has 144 valence electrons. The lowest BCUT2D eigenvalue weighted by molar-refractivity contribution is -0.152. The molecule has 9 heteroatoms. The largest absolute Gasteiger partial charge is 0.451 e. The Kier molecular flexibility index (Phi) is 5.41. The predicted molar refractivity (Wildman–Crippen MR) is 98.7 cm³/mol. The van der Waals surface area contributed by atoms with E-state index in [-0.39, 0.29) is 16.3 Å². The lowest BCUT2D eigenvalue weighted by Gasteiger charge is -2.18. The van der Waals surface area contributed by atoms with Crippen molar-refractivity contribution >= 4 is 46.5 Å². The summed E-state index contributed by atoms with van der Waals surface area (Å²) in [5.41, 5.74) is 0.673. The number of para-hydroxylation sites is 1. The Balaban J connectivity index is 1.62. The van der Waals surface area contributed by atoms with Crippen LogP contribution in [0.5, 0.6) is 0 Å². The third kappa shape index (κ3) is 3.86. The van der Waals surface area contributed by atoms with E-state index in [1.54, 1.807) is 12.1 Å². The van der Waals surface area contributed by atoms with Crippen LogP contribution in [0.3, 0.4) is 0 Å². The fraction of sp³-hybridized carbons (Fsp3) is 0.158. The van der Waals surface area contributed by atoms with Gasteiger partial charge in [0.2, 0.25) is 0 Å². The summed E-state index contributed by atoms with van der Waals surface area (Å²) < 4.78 is 18.1. The third-order valence-corrected chi connectivity index (χ3v) is 4.35. The number of hydrogen-bond acceptors (Lipinski definition) is 5.